The van der Waals surface area contributed by atoms with E-state index in [0.717, 1.165) is 11.1 Å². The SMILES string of the molecule is C/C(=N/NC(=S)Nc1ccc(C(=O)O)cc1)c1nn(C)c(-c2ccc(C)c(C)c2)c1O. The van der Waals surface area contributed by atoms with Crippen molar-refractivity contribution in [3.05, 3.63) is 64.8 Å². The van der Waals surface area contributed by atoms with Crippen molar-refractivity contribution in [2.75, 3.05) is 5.32 Å². The summed E-state index contributed by atoms with van der Waals surface area (Å²) in [5.41, 5.74) is 8.08. The topological polar surface area (TPSA) is 112 Å². The molecule has 0 saturated carbocycles. The molecule has 160 valence electrons. The van der Waals surface area contributed by atoms with Gasteiger partial charge < -0.3 is 15.5 Å². The quantitative estimate of drug-likeness (QED) is 0.273. The largest absolute Gasteiger partial charge is 0.504 e. The third-order valence-electron chi connectivity index (χ3n) is 4.86. The fourth-order valence-corrected chi connectivity index (χ4v) is 3.18. The zero-order chi connectivity index (χ0) is 22.7. The van der Waals surface area contributed by atoms with Crippen molar-refractivity contribution < 1.29 is 15.0 Å². The molecule has 2 aromatic carbocycles. The monoisotopic (exact) mass is 437 g/mol. The van der Waals surface area contributed by atoms with Gasteiger partial charge in [0.1, 0.15) is 5.69 Å². The Morgan fingerprint density at radius 2 is 1.81 bits per heavy atom. The molecule has 0 bridgehead atoms. The Bertz CT molecular complexity index is 1180. The van der Waals surface area contributed by atoms with Gasteiger partial charge in [-0.1, -0.05) is 12.1 Å². The minimum Gasteiger partial charge on any atom is -0.504 e. The molecule has 9 heteroatoms. The minimum atomic E-state index is -0.997. The van der Waals surface area contributed by atoms with E-state index in [9.17, 15) is 9.90 Å². The number of carbonyl (C=O) groups is 1. The standard InChI is InChI=1S/C22H23N5O3S/c1-12-5-6-16(11-13(12)2)19-20(28)18(26-27(19)4)14(3)24-25-22(31)23-17-9-7-15(8-10-17)21(29)30/h5-11,28H,1-4H3,(H,29,30)(H2,23,25,31)/b24-14-. The molecular formula is C22H23N5O3S. The van der Waals surface area contributed by atoms with E-state index in [1.54, 1.807) is 30.8 Å². The number of carboxylic acid groups (broad SMARTS) is 1. The van der Waals surface area contributed by atoms with Crippen LogP contribution in [0.4, 0.5) is 5.69 Å². The first-order chi connectivity index (χ1) is 14.7. The molecule has 1 aromatic heterocycles. The van der Waals surface area contributed by atoms with Crippen LogP contribution < -0.4 is 10.7 Å². The Morgan fingerprint density at radius 3 is 2.42 bits per heavy atom. The highest BCUT2D eigenvalue weighted by atomic mass is 32.1. The summed E-state index contributed by atoms with van der Waals surface area (Å²) in [6, 6.07) is 12.1. The Labute approximate surface area is 185 Å². The number of aromatic hydroxyl groups is 1. The maximum absolute atomic E-state index is 10.9. The lowest BCUT2D eigenvalue weighted by Crippen LogP contribution is -2.25. The van der Waals surface area contributed by atoms with E-state index < -0.39 is 5.97 Å². The average Bonchev–Trinajstić information content (AvgIpc) is 3.03. The molecule has 0 radical (unpaired) electrons. The van der Waals surface area contributed by atoms with Crippen molar-refractivity contribution in [2.45, 2.75) is 20.8 Å². The van der Waals surface area contributed by atoms with Gasteiger partial charge in [-0.05, 0) is 74.4 Å². The third kappa shape index (κ3) is 4.89. The summed E-state index contributed by atoms with van der Waals surface area (Å²) in [6.07, 6.45) is 0. The fourth-order valence-electron chi connectivity index (χ4n) is 3.01. The van der Waals surface area contributed by atoms with E-state index in [1.807, 2.05) is 32.0 Å². The summed E-state index contributed by atoms with van der Waals surface area (Å²) in [5.74, 6) is -0.959. The minimum absolute atomic E-state index is 0.0388. The number of hydrogen-bond acceptors (Lipinski definition) is 5. The summed E-state index contributed by atoms with van der Waals surface area (Å²) < 4.78 is 1.62. The molecule has 0 unspecified atom stereocenters. The van der Waals surface area contributed by atoms with Crippen LogP contribution in [0, 0.1) is 13.8 Å². The van der Waals surface area contributed by atoms with E-state index >= 15 is 0 Å². The van der Waals surface area contributed by atoms with E-state index in [4.69, 9.17) is 17.3 Å². The molecule has 0 fully saturated rings. The van der Waals surface area contributed by atoms with Gasteiger partial charge in [-0.2, -0.15) is 10.2 Å². The molecule has 1 heterocycles. The van der Waals surface area contributed by atoms with Crippen LogP contribution in [-0.2, 0) is 7.05 Å². The maximum atomic E-state index is 10.9. The summed E-state index contributed by atoms with van der Waals surface area (Å²) in [6.45, 7) is 5.77. The van der Waals surface area contributed by atoms with Gasteiger partial charge in [-0.25, -0.2) is 4.79 Å². The summed E-state index contributed by atoms with van der Waals surface area (Å²) >= 11 is 5.22. The smallest absolute Gasteiger partial charge is 0.335 e. The van der Waals surface area contributed by atoms with Gasteiger partial charge in [0.25, 0.3) is 0 Å². The first-order valence-corrected chi connectivity index (χ1v) is 9.86. The second kappa shape index (κ2) is 8.97. The van der Waals surface area contributed by atoms with Crippen molar-refractivity contribution in [1.29, 1.82) is 0 Å². The molecule has 4 N–H and O–H groups in total. The predicted molar refractivity (Wildman–Crippen MR) is 125 cm³/mol. The number of hydrogen-bond donors (Lipinski definition) is 4. The summed E-state index contributed by atoms with van der Waals surface area (Å²) in [4.78, 5) is 10.9. The predicted octanol–water partition coefficient (Wildman–Crippen LogP) is 3.82. The number of aromatic nitrogens is 2. The van der Waals surface area contributed by atoms with Gasteiger partial charge in [0.05, 0.1) is 11.3 Å². The van der Waals surface area contributed by atoms with Crippen LogP contribution >= 0.6 is 12.2 Å². The van der Waals surface area contributed by atoms with Gasteiger partial charge in [-0.3, -0.25) is 10.1 Å². The number of carboxylic acids is 1. The van der Waals surface area contributed by atoms with Crippen LogP contribution in [0.25, 0.3) is 11.3 Å². The van der Waals surface area contributed by atoms with Crippen LogP contribution in [0.15, 0.2) is 47.6 Å². The molecule has 0 amide bonds. The average molecular weight is 438 g/mol. The number of anilines is 1. The van der Waals surface area contributed by atoms with E-state index in [1.165, 1.54) is 17.7 Å². The zero-order valence-corrected chi connectivity index (χ0v) is 18.4. The molecule has 3 rings (SSSR count). The number of aryl methyl sites for hydroxylation is 3. The summed E-state index contributed by atoms with van der Waals surface area (Å²) in [7, 11) is 1.77. The van der Waals surface area contributed by atoms with Crippen molar-refractivity contribution in [1.82, 2.24) is 15.2 Å². The molecule has 8 nitrogen and oxygen atoms in total. The van der Waals surface area contributed by atoms with Gasteiger partial charge >= 0.3 is 5.97 Å². The third-order valence-corrected chi connectivity index (χ3v) is 5.05. The molecule has 0 saturated heterocycles. The van der Waals surface area contributed by atoms with Gasteiger partial charge in [0.2, 0.25) is 0 Å². The number of thiocarbonyl (C=S) groups is 1. The molecule has 0 atom stereocenters. The van der Waals surface area contributed by atoms with Crippen LogP contribution in [-0.4, -0.2) is 36.8 Å². The molecule has 0 aliphatic rings. The van der Waals surface area contributed by atoms with Gasteiger partial charge in [-0.15, -0.1) is 0 Å². The number of aromatic carboxylic acids is 1. The van der Waals surface area contributed by atoms with Gasteiger partial charge in [0.15, 0.2) is 16.6 Å². The highest BCUT2D eigenvalue weighted by molar-refractivity contribution is 7.80. The Hall–Kier alpha value is -3.72. The Morgan fingerprint density at radius 1 is 1.13 bits per heavy atom. The van der Waals surface area contributed by atoms with Crippen molar-refractivity contribution in [2.24, 2.45) is 12.1 Å². The molecule has 0 spiro atoms. The van der Waals surface area contributed by atoms with Crippen LogP contribution in [0.5, 0.6) is 5.75 Å². The lowest BCUT2D eigenvalue weighted by molar-refractivity contribution is 0.0697. The normalized spacial score (nSPS) is 11.3. The Kier molecular flexibility index (Phi) is 6.36. The van der Waals surface area contributed by atoms with Crippen LogP contribution in [0.3, 0.4) is 0 Å². The molecule has 31 heavy (non-hydrogen) atoms. The number of nitrogens with one attached hydrogen (secondary N) is 2. The molecule has 3 aromatic rings. The first kappa shape index (κ1) is 22.0. The lowest BCUT2D eigenvalue weighted by atomic mass is 10.0. The Balaban J connectivity index is 1.75. The number of rotatable bonds is 5. The molecular weight excluding hydrogens is 414 g/mol. The molecule has 0 aliphatic heterocycles. The second-order valence-electron chi connectivity index (χ2n) is 7.11. The van der Waals surface area contributed by atoms with Crippen LogP contribution in [0.1, 0.15) is 34.1 Å². The number of nitrogens with zero attached hydrogens (tertiary/aromatic N) is 3. The maximum Gasteiger partial charge on any atom is 0.335 e. The fraction of sp³-hybridized carbons (Fsp3) is 0.182. The second-order valence-corrected chi connectivity index (χ2v) is 7.52. The van der Waals surface area contributed by atoms with Crippen molar-refractivity contribution >= 4 is 34.7 Å². The van der Waals surface area contributed by atoms with E-state index in [-0.39, 0.29) is 16.4 Å². The van der Waals surface area contributed by atoms with E-state index in [0.29, 0.717) is 22.8 Å². The summed E-state index contributed by atoms with van der Waals surface area (Å²) in [5, 5.41) is 31.5. The number of hydrazone groups is 1. The van der Waals surface area contributed by atoms with Crippen LogP contribution in [0.2, 0.25) is 0 Å². The zero-order valence-electron chi connectivity index (χ0n) is 17.6. The highest BCUT2D eigenvalue weighted by Gasteiger charge is 2.19. The van der Waals surface area contributed by atoms with Crippen molar-refractivity contribution in [3.63, 3.8) is 0 Å². The van der Waals surface area contributed by atoms with Gasteiger partial charge in [0, 0.05) is 18.3 Å². The lowest BCUT2D eigenvalue weighted by Gasteiger charge is -2.08. The highest BCUT2D eigenvalue weighted by Crippen LogP contribution is 2.33. The van der Waals surface area contributed by atoms with Crippen molar-refractivity contribution in [3.8, 4) is 17.0 Å². The van der Waals surface area contributed by atoms with E-state index in [2.05, 4.69) is 20.9 Å². The molecule has 0 aliphatic carbocycles. The first-order valence-electron chi connectivity index (χ1n) is 9.46. The number of benzene rings is 2.